The lowest BCUT2D eigenvalue weighted by Gasteiger charge is -2.10. The van der Waals surface area contributed by atoms with Gasteiger partial charge in [0, 0.05) is 26.1 Å². The van der Waals surface area contributed by atoms with Gasteiger partial charge < -0.3 is 15.7 Å². The molecular formula is C10H18N4O. The molecule has 1 atom stereocenters. The van der Waals surface area contributed by atoms with E-state index < -0.39 is 0 Å². The summed E-state index contributed by atoms with van der Waals surface area (Å²) in [6, 6.07) is 1.82. The maximum Gasteiger partial charge on any atom is 0.132 e. The maximum absolute atomic E-state index is 9.15. The van der Waals surface area contributed by atoms with Crippen LogP contribution in [0.25, 0.3) is 0 Å². The van der Waals surface area contributed by atoms with Gasteiger partial charge in [-0.15, -0.1) is 0 Å². The van der Waals surface area contributed by atoms with Crippen molar-refractivity contribution >= 4 is 11.6 Å². The van der Waals surface area contributed by atoms with Crippen molar-refractivity contribution in [3.05, 3.63) is 11.9 Å². The molecule has 1 heterocycles. The Morgan fingerprint density at radius 1 is 1.40 bits per heavy atom. The van der Waals surface area contributed by atoms with Crippen LogP contribution in [0.2, 0.25) is 0 Å². The third-order valence-corrected chi connectivity index (χ3v) is 1.92. The zero-order valence-electron chi connectivity index (χ0n) is 9.41. The quantitative estimate of drug-likeness (QED) is 0.673. The number of nitrogens with one attached hydrogen (secondary N) is 2. The number of hydrogen-bond donors (Lipinski definition) is 3. The number of rotatable bonds is 5. The highest BCUT2D eigenvalue weighted by atomic mass is 16.3. The summed E-state index contributed by atoms with van der Waals surface area (Å²) < 4.78 is 0. The van der Waals surface area contributed by atoms with Crippen LogP contribution >= 0.6 is 0 Å². The van der Waals surface area contributed by atoms with Gasteiger partial charge in [-0.25, -0.2) is 9.97 Å². The molecule has 84 valence electrons. The normalized spacial score (nSPS) is 12.3. The Morgan fingerprint density at radius 3 is 2.60 bits per heavy atom. The first-order chi connectivity index (χ1) is 7.15. The fraction of sp³-hybridized carbons (Fsp3) is 0.600. The highest BCUT2D eigenvalue weighted by molar-refractivity contribution is 5.47. The molecule has 0 fully saturated rings. The van der Waals surface area contributed by atoms with Crippen molar-refractivity contribution in [2.24, 2.45) is 0 Å². The van der Waals surface area contributed by atoms with Gasteiger partial charge in [-0.3, -0.25) is 0 Å². The molecule has 0 spiro atoms. The monoisotopic (exact) mass is 210 g/mol. The predicted molar refractivity (Wildman–Crippen MR) is 61.1 cm³/mol. The smallest absolute Gasteiger partial charge is 0.132 e. The molecule has 1 unspecified atom stereocenters. The Balaban J connectivity index is 2.77. The third kappa shape index (κ3) is 3.71. The van der Waals surface area contributed by atoms with Gasteiger partial charge in [0.1, 0.15) is 17.5 Å². The number of anilines is 2. The molecule has 0 aliphatic heterocycles. The van der Waals surface area contributed by atoms with Crippen LogP contribution in [0, 0.1) is 0 Å². The van der Waals surface area contributed by atoms with Crippen molar-refractivity contribution in [3.8, 4) is 0 Å². The second-order valence-corrected chi connectivity index (χ2v) is 3.39. The van der Waals surface area contributed by atoms with E-state index in [1.165, 1.54) is 0 Å². The molecule has 1 aromatic heterocycles. The van der Waals surface area contributed by atoms with Crippen LogP contribution in [0.4, 0.5) is 11.6 Å². The molecule has 3 N–H and O–H groups in total. The second kappa shape index (κ2) is 5.50. The number of aromatic nitrogens is 2. The molecule has 0 aliphatic carbocycles. The summed E-state index contributed by atoms with van der Waals surface area (Å²) >= 11 is 0. The number of aliphatic hydroxyl groups excluding tert-OH is 1. The van der Waals surface area contributed by atoms with Crippen molar-refractivity contribution in [2.75, 3.05) is 24.2 Å². The fourth-order valence-corrected chi connectivity index (χ4v) is 1.13. The molecule has 1 aromatic rings. The van der Waals surface area contributed by atoms with Crippen LogP contribution in [0.3, 0.4) is 0 Å². The molecule has 0 bridgehead atoms. The average Bonchev–Trinajstić information content (AvgIpc) is 2.25. The Kier molecular flexibility index (Phi) is 4.30. The number of hydrogen-bond acceptors (Lipinski definition) is 5. The number of aliphatic hydroxyl groups is 1. The van der Waals surface area contributed by atoms with Gasteiger partial charge in [0.05, 0.1) is 6.10 Å². The van der Waals surface area contributed by atoms with E-state index in [0.29, 0.717) is 6.54 Å². The van der Waals surface area contributed by atoms with Gasteiger partial charge in [-0.05, 0) is 6.92 Å². The molecule has 15 heavy (non-hydrogen) atoms. The van der Waals surface area contributed by atoms with E-state index in [2.05, 4.69) is 20.6 Å². The summed E-state index contributed by atoms with van der Waals surface area (Å²) in [5, 5.41) is 15.2. The Morgan fingerprint density at radius 2 is 2.07 bits per heavy atom. The predicted octanol–water partition coefficient (Wildman–Crippen LogP) is 0.873. The first-order valence-electron chi connectivity index (χ1n) is 5.13. The van der Waals surface area contributed by atoms with Gasteiger partial charge in [0.25, 0.3) is 0 Å². The topological polar surface area (TPSA) is 70.1 Å². The molecule has 0 saturated carbocycles. The van der Waals surface area contributed by atoms with Crippen LogP contribution in [-0.4, -0.2) is 34.8 Å². The summed E-state index contributed by atoms with van der Waals surface area (Å²) in [6.45, 7) is 4.23. The van der Waals surface area contributed by atoms with E-state index >= 15 is 0 Å². The van der Waals surface area contributed by atoms with Crippen LogP contribution in [0.15, 0.2) is 6.07 Å². The molecule has 0 radical (unpaired) electrons. The van der Waals surface area contributed by atoms with Gasteiger partial charge in [-0.2, -0.15) is 0 Å². The highest BCUT2D eigenvalue weighted by Gasteiger charge is 2.02. The van der Waals surface area contributed by atoms with E-state index in [9.17, 15) is 0 Å². The molecule has 5 nitrogen and oxygen atoms in total. The second-order valence-electron chi connectivity index (χ2n) is 3.39. The van der Waals surface area contributed by atoms with E-state index in [1.54, 1.807) is 6.92 Å². The van der Waals surface area contributed by atoms with Crippen molar-refractivity contribution in [1.82, 2.24) is 9.97 Å². The molecule has 0 aliphatic rings. The van der Waals surface area contributed by atoms with Crippen molar-refractivity contribution in [2.45, 2.75) is 26.4 Å². The lowest BCUT2D eigenvalue weighted by molar-refractivity contribution is 0.208. The Hall–Kier alpha value is -1.36. The van der Waals surface area contributed by atoms with Gasteiger partial charge >= 0.3 is 0 Å². The highest BCUT2D eigenvalue weighted by Crippen LogP contribution is 2.10. The largest absolute Gasteiger partial charge is 0.392 e. The van der Waals surface area contributed by atoms with E-state index in [1.807, 2.05) is 20.0 Å². The molecule has 0 amide bonds. The first kappa shape index (κ1) is 11.7. The van der Waals surface area contributed by atoms with Crippen LogP contribution in [-0.2, 0) is 6.42 Å². The first-order valence-corrected chi connectivity index (χ1v) is 5.13. The van der Waals surface area contributed by atoms with E-state index in [4.69, 9.17) is 5.11 Å². The number of nitrogens with zero attached hydrogens (tertiary/aromatic N) is 2. The molecule has 1 rings (SSSR count). The minimum atomic E-state index is -0.386. The minimum Gasteiger partial charge on any atom is -0.392 e. The molecule has 5 heteroatoms. The van der Waals surface area contributed by atoms with Gasteiger partial charge in [0.2, 0.25) is 0 Å². The summed E-state index contributed by atoms with van der Waals surface area (Å²) in [6.07, 6.45) is 0.405. The number of aryl methyl sites for hydroxylation is 1. The van der Waals surface area contributed by atoms with Crippen LogP contribution in [0.5, 0.6) is 0 Å². The van der Waals surface area contributed by atoms with Crippen LogP contribution < -0.4 is 10.6 Å². The Bertz CT molecular complexity index is 292. The van der Waals surface area contributed by atoms with E-state index in [-0.39, 0.29) is 6.10 Å². The third-order valence-electron chi connectivity index (χ3n) is 1.92. The SMILES string of the molecule is CCc1nc(NC)cc(NCC(C)O)n1. The van der Waals surface area contributed by atoms with Gasteiger partial charge in [-0.1, -0.05) is 6.92 Å². The molecule has 0 aromatic carbocycles. The zero-order chi connectivity index (χ0) is 11.3. The molecule has 0 saturated heterocycles. The summed E-state index contributed by atoms with van der Waals surface area (Å²) in [4.78, 5) is 8.57. The average molecular weight is 210 g/mol. The van der Waals surface area contributed by atoms with Crippen molar-refractivity contribution in [3.63, 3.8) is 0 Å². The van der Waals surface area contributed by atoms with Crippen LogP contribution in [0.1, 0.15) is 19.7 Å². The summed E-state index contributed by atoms with van der Waals surface area (Å²) in [7, 11) is 1.82. The fourth-order valence-electron chi connectivity index (χ4n) is 1.13. The van der Waals surface area contributed by atoms with E-state index in [0.717, 1.165) is 23.9 Å². The molecular weight excluding hydrogens is 192 g/mol. The van der Waals surface area contributed by atoms with Crippen molar-refractivity contribution in [1.29, 1.82) is 0 Å². The summed E-state index contributed by atoms with van der Waals surface area (Å²) in [5.74, 6) is 2.32. The summed E-state index contributed by atoms with van der Waals surface area (Å²) in [5.41, 5.74) is 0. The van der Waals surface area contributed by atoms with Gasteiger partial charge in [0.15, 0.2) is 0 Å². The maximum atomic E-state index is 9.15. The van der Waals surface area contributed by atoms with Crippen molar-refractivity contribution < 1.29 is 5.11 Å². The zero-order valence-corrected chi connectivity index (χ0v) is 9.41. The lowest BCUT2D eigenvalue weighted by atomic mass is 10.4. The lowest BCUT2D eigenvalue weighted by Crippen LogP contribution is -2.16. The standard InChI is InChI=1S/C10H18N4O/c1-4-8-13-9(11-3)5-10(14-8)12-6-7(2)15/h5,7,15H,4,6H2,1-3H3,(H2,11,12,13,14). The Labute approximate surface area is 90.0 Å². The minimum absolute atomic E-state index is 0.386.